The number of aliphatic hydroxyl groups is 1. The summed E-state index contributed by atoms with van der Waals surface area (Å²) in [7, 11) is 5.36. The summed E-state index contributed by atoms with van der Waals surface area (Å²) in [5, 5.41) is 25.9. The molecule has 16 nitrogen and oxygen atoms in total. The molecule has 0 saturated carbocycles. The molecule has 0 aromatic heterocycles. The molecule has 16 heteroatoms. The van der Waals surface area contributed by atoms with E-state index in [0.717, 1.165) is 12.8 Å². The van der Waals surface area contributed by atoms with Gasteiger partial charge in [0, 0.05) is 68.0 Å². The molecule has 2 aromatic carbocycles. The number of allylic oxidation sites excluding steroid dienone is 2. The number of hydrogen-bond donors (Lipinski definition) is 3. The number of hydrogen-bond acceptors (Lipinski definition) is 15. The number of aromatic hydroxyl groups is 1. The van der Waals surface area contributed by atoms with Crippen molar-refractivity contribution in [2.45, 2.75) is 106 Å². The summed E-state index contributed by atoms with van der Waals surface area (Å²) >= 11 is 0. The number of likely N-dealkylation sites (N-methyl/N-ethyl adjacent to an activating group) is 1. The lowest BCUT2D eigenvalue weighted by Gasteiger charge is -2.39. The normalized spacial score (nSPS) is 27.7. The Morgan fingerprint density at radius 2 is 1.69 bits per heavy atom. The first kappa shape index (κ1) is 51.4. The number of methoxy groups -OCH3 is 1. The molecule has 6 rings (SSSR count). The number of phenolic OH excluding ortho intramolecular Hbond substituents is 1. The van der Waals surface area contributed by atoms with Gasteiger partial charge in [0.05, 0.1) is 36.0 Å². The molecule has 3 N–H and O–H groups in total. The second-order valence-corrected chi connectivity index (χ2v) is 18.7. The number of carbonyl (C=O) groups is 3. The highest BCUT2D eigenvalue weighted by Crippen LogP contribution is 2.51. The monoisotopic (exact) mass is 941 g/mol. The van der Waals surface area contributed by atoms with E-state index in [-0.39, 0.29) is 85.1 Å². The molecule has 4 bridgehead atoms. The van der Waals surface area contributed by atoms with Crippen LogP contribution in [0.2, 0.25) is 0 Å². The fourth-order valence-corrected chi connectivity index (χ4v) is 8.93. The van der Waals surface area contributed by atoms with Gasteiger partial charge in [-0.15, -0.1) is 0 Å². The Morgan fingerprint density at radius 1 is 0.971 bits per heavy atom. The lowest BCUT2D eigenvalue weighted by Crippen LogP contribution is -2.43. The number of carbonyl (C=O) groups excluding carboxylic acids is 3. The number of Topliss-reactive ketones (excluding diaryl/α,β-unsaturated/α-hetero) is 1. The molecule has 368 valence electrons. The first-order chi connectivity index (χ1) is 32.1. The van der Waals surface area contributed by atoms with Crippen LogP contribution in [0, 0.1) is 36.5 Å². The molecule has 3 heterocycles. The van der Waals surface area contributed by atoms with Crippen molar-refractivity contribution in [2.24, 2.45) is 29.6 Å². The third-order valence-electron chi connectivity index (χ3n) is 13.5. The molecule has 9 atom stereocenters. The molecule has 0 unspecified atom stereocenters. The van der Waals surface area contributed by atoms with Crippen molar-refractivity contribution in [3.8, 4) is 34.5 Å². The average Bonchev–Trinajstić information content (AvgIpc) is 3.56. The van der Waals surface area contributed by atoms with Gasteiger partial charge in [-0.3, -0.25) is 19.2 Å². The Bertz CT molecular complexity index is 2670. The van der Waals surface area contributed by atoms with Gasteiger partial charge in [-0.05, 0) is 58.2 Å². The van der Waals surface area contributed by atoms with Gasteiger partial charge in [-0.25, -0.2) is 4.98 Å². The molecule has 0 fully saturated rings. The fourth-order valence-electron chi connectivity index (χ4n) is 8.93. The number of aromatic nitrogens is 1. The minimum absolute atomic E-state index is 0.0460. The smallest absolute Gasteiger partial charge is 0.312 e. The van der Waals surface area contributed by atoms with Crippen LogP contribution in [-0.4, -0.2) is 103 Å². The summed E-state index contributed by atoms with van der Waals surface area (Å²) in [6, 6.07) is 3.31. The third kappa shape index (κ3) is 10.2. The highest BCUT2D eigenvalue weighted by molar-refractivity contribution is 6.22. The van der Waals surface area contributed by atoms with E-state index in [0.29, 0.717) is 31.3 Å². The highest BCUT2D eigenvalue weighted by atomic mass is 16.7. The number of nitrogens with one attached hydrogen (secondary N) is 1. The lowest BCUT2D eigenvalue weighted by atomic mass is 9.73. The predicted octanol–water partition coefficient (Wildman–Crippen LogP) is 8.34. The van der Waals surface area contributed by atoms with Crippen molar-refractivity contribution in [3.05, 3.63) is 69.6 Å². The van der Waals surface area contributed by atoms with Gasteiger partial charge in [0.15, 0.2) is 17.1 Å². The standard InChI is InChI=1S/C52H67N3O13/c1-14-15-21-64-36-24-34(63-23-20-55(11)12)25-37-41(36)53-42-38-39-45(58)32(8)48-40(38)50(60)52(10,68-48)65-22-19-35(62-13)31(7)47(66-33(9)56)30(6)28(4)29(5)44(57)26(2)17-16-18-27(3)51(61)54-43(46(39)59)49(42)67-37/h16-19,22,24-26,28-31,35,44,47,57-58H,14-15,20-21,23H2,1-13H3,(H,54,61)/b17-16+,22-19+,27-18-/t26-,28+,29-,30+,31+,35-,44-,47-,52-/m0/s1. The van der Waals surface area contributed by atoms with Crippen molar-refractivity contribution in [1.82, 2.24) is 9.88 Å². The van der Waals surface area contributed by atoms with Crippen molar-refractivity contribution in [3.63, 3.8) is 0 Å². The van der Waals surface area contributed by atoms with E-state index in [1.54, 1.807) is 43.4 Å². The quantitative estimate of drug-likeness (QED) is 0.0591. The Kier molecular flexibility index (Phi) is 16.0. The van der Waals surface area contributed by atoms with Crippen LogP contribution in [0.1, 0.15) is 91.1 Å². The minimum Gasteiger partial charge on any atom is -0.507 e. The number of anilines is 1. The van der Waals surface area contributed by atoms with Crippen LogP contribution in [0.5, 0.6) is 23.0 Å². The Hall–Kier alpha value is -5.97. The molecular weight excluding hydrogens is 875 g/mol. The summed E-state index contributed by atoms with van der Waals surface area (Å²) in [6.45, 7) is 18.8. The zero-order valence-corrected chi connectivity index (χ0v) is 41.5. The fraction of sp³-hybridized carbons (Fsp3) is 0.519. The number of aliphatic hydroxyl groups excluding tert-OH is 1. The molecule has 1 amide bonds. The molecule has 68 heavy (non-hydrogen) atoms. The molecule has 0 radical (unpaired) electrons. The van der Waals surface area contributed by atoms with Crippen molar-refractivity contribution in [2.75, 3.05) is 46.3 Å². The van der Waals surface area contributed by atoms with E-state index in [1.807, 2.05) is 60.5 Å². The van der Waals surface area contributed by atoms with Gasteiger partial charge in [0.2, 0.25) is 5.43 Å². The van der Waals surface area contributed by atoms with E-state index in [9.17, 15) is 29.4 Å². The Balaban J connectivity index is 1.62. The van der Waals surface area contributed by atoms with Crippen molar-refractivity contribution in [1.29, 1.82) is 0 Å². The second-order valence-electron chi connectivity index (χ2n) is 18.7. The Morgan fingerprint density at radius 3 is 2.35 bits per heavy atom. The zero-order chi connectivity index (χ0) is 49.9. The van der Waals surface area contributed by atoms with Crippen LogP contribution in [-0.2, 0) is 23.8 Å². The summed E-state index contributed by atoms with van der Waals surface area (Å²) in [4.78, 5) is 63.5. The number of ether oxygens (including phenoxy) is 6. The van der Waals surface area contributed by atoms with Gasteiger partial charge in [0.25, 0.3) is 11.7 Å². The van der Waals surface area contributed by atoms with Crippen molar-refractivity contribution >= 4 is 45.2 Å². The van der Waals surface area contributed by atoms with Crippen LogP contribution < -0.4 is 25.0 Å². The van der Waals surface area contributed by atoms with E-state index < -0.39 is 58.9 Å². The van der Waals surface area contributed by atoms with Gasteiger partial charge < -0.3 is 53.3 Å². The predicted molar refractivity (Wildman–Crippen MR) is 259 cm³/mol. The van der Waals surface area contributed by atoms with Crippen LogP contribution in [0.25, 0.3) is 33.3 Å². The Labute approximate surface area is 397 Å². The summed E-state index contributed by atoms with van der Waals surface area (Å²) in [6.07, 6.45) is 7.28. The lowest BCUT2D eigenvalue weighted by molar-refractivity contribution is -0.157. The summed E-state index contributed by atoms with van der Waals surface area (Å²) in [5.41, 5.74) is -0.679. The number of rotatable bonds is 10. The number of ketones is 1. The average molecular weight is 942 g/mol. The third-order valence-corrected chi connectivity index (χ3v) is 13.5. The van der Waals surface area contributed by atoms with Crippen LogP contribution >= 0.6 is 0 Å². The van der Waals surface area contributed by atoms with Crippen LogP contribution in [0.15, 0.2) is 57.5 Å². The molecular formula is C52H67N3O13. The molecule has 0 saturated heterocycles. The SMILES string of the molecule is CCCCOc1cc(OCCN(C)C)cc2oc3c4c(=O)c5c(O)c(C)c6c(c5c-3nc12)C(=O)[C@@](C)(O/C=C/[C@H](OC)[C@@H](C)[C@@H](OC(C)=O)[C@H](C)[C@H](C)[C@H](C)[C@@H](O)[C@@H](C)/C=C/C=C(/C)C(=O)N4)O6. The largest absolute Gasteiger partial charge is 0.507 e. The topological polar surface area (TPSA) is 205 Å². The number of nitrogens with zero attached hydrogens (tertiary/aromatic N) is 2. The number of unbranched alkanes of at least 4 members (excludes halogenated alkanes) is 1. The van der Waals surface area contributed by atoms with Crippen LogP contribution in [0.3, 0.4) is 0 Å². The van der Waals surface area contributed by atoms with E-state index in [2.05, 4.69) is 5.32 Å². The second kappa shape index (κ2) is 21.1. The van der Waals surface area contributed by atoms with Gasteiger partial charge in [-0.1, -0.05) is 66.2 Å². The number of fused-ring (bicyclic) bond motifs is 2. The summed E-state index contributed by atoms with van der Waals surface area (Å²) < 4.78 is 43.3. The number of esters is 1. The summed E-state index contributed by atoms with van der Waals surface area (Å²) in [5.74, 6) is -5.39. The van der Waals surface area contributed by atoms with Gasteiger partial charge in [-0.2, -0.15) is 0 Å². The van der Waals surface area contributed by atoms with Gasteiger partial charge in [0.1, 0.15) is 46.9 Å². The molecule has 1 aliphatic carbocycles. The highest BCUT2D eigenvalue weighted by Gasteiger charge is 2.50. The van der Waals surface area contributed by atoms with E-state index >= 15 is 0 Å². The van der Waals surface area contributed by atoms with Crippen LogP contribution in [0.4, 0.5) is 5.69 Å². The maximum Gasteiger partial charge on any atom is 0.312 e. The number of amides is 1. The molecule has 4 aliphatic rings. The first-order valence-corrected chi connectivity index (χ1v) is 23.3. The van der Waals surface area contributed by atoms with Crippen molar-refractivity contribution < 1.29 is 57.4 Å². The van der Waals surface area contributed by atoms with Gasteiger partial charge >= 0.3 is 11.8 Å². The maximum atomic E-state index is 14.9. The molecule has 3 aliphatic heterocycles. The zero-order valence-electron chi connectivity index (χ0n) is 41.5. The molecule has 2 aromatic rings. The minimum atomic E-state index is -2.03. The number of phenols is 1. The maximum absolute atomic E-state index is 14.9. The first-order valence-electron chi connectivity index (χ1n) is 23.3. The number of benzene rings is 3. The van der Waals surface area contributed by atoms with E-state index in [1.165, 1.54) is 34.1 Å². The van der Waals surface area contributed by atoms with E-state index in [4.69, 9.17) is 37.8 Å². The molecule has 0 spiro atoms.